The molecule has 13 heavy (non-hydrogen) atoms. The zero-order chi connectivity index (χ0) is 9.26. The van der Waals surface area contributed by atoms with E-state index in [1.54, 1.807) is 29.1 Å². The van der Waals surface area contributed by atoms with Crippen molar-refractivity contribution in [1.29, 1.82) is 0 Å². The summed E-state index contributed by atoms with van der Waals surface area (Å²) in [5.41, 5.74) is 6.72. The van der Waals surface area contributed by atoms with Crippen LogP contribution in [0.2, 0.25) is 0 Å². The second-order valence-electron chi connectivity index (χ2n) is 2.69. The van der Waals surface area contributed by atoms with Crippen molar-refractivity contribution < 1.29 is 5.11 Å². The predicted octanol–water partition coefficient (Wildman–Crippen LogP) is 1.16. The Morgan fingerprint density at radius 2 is 2.23 bits per heavy atom. The molecule has 0 bridgehead atoms. The largest absolute Gasteiger partial charge is 0.506 e. The maximum Gasteiger partial charge on any atom is 0.138 e. The van der Waals surface area contributed by atoms with Crippen LogP contribution in [-0.4, -0.2) is 14.9 Å². The number of anilines is 1. The van der Waals surface area contributed by atoms with E-state index in [0.717, 1.165) is 5.69 Å². The van der Waals surface area contributed by atoms with Crippen molar-refractivity contribution in [3.05, 3.63) is 36.7 Å². The zero-order valence-electron chi connectivity index (χ0n) is 6.88. The highest BCUT2D eigenvalue weighted by molar-refractivity contribution is 5.57. The number of hydrogen-bond donors (Lipinski definition) is 2. The molecule has 0 atom stereocenters. The number of nitrogen functional groups attached to an aromatic ring is 1. The first-order chi connectivity index (χ1) is 6.27. The van der Waals surface area contributed by atoms with E-state index in [1.807, 2.05) is 12.3 Å². The van der Waals surface area contributed by atoms with Gasteiger partial charge in [-0.2, -0.15) is 5.10 Å². The molecule has 1 aromatic carbocycles. The van der Waals surface area contributed by atoms with Crippen LogP contribution in [0.3, 0.4) is 0 Å². The number of aromatic nitrogens is 2. The molecule has 0 aliphatic carbocycles. The number of nitrogens with zero attached hydrogens (tertiary/aromatic N) is 2. The molecule has 0 aliphatic heterocycles. The van der Waals surface area contributed by atoms with Crippen molar-refractivity contribution >= 4 is 5.69 Å². The monoisotopic (exact) mass is 175 g/mol. The molecule has 1 aromatic heterocycles. The van der Waals surface area contributed by atoms with Crippen molar-refractivity contribution in [2.24, 2.45) is 0 Å². The number of phenols is 1. The Kier molecular flexibility index (Phi) is 1.66. The van der Waals surface area contributed by atoms with Crippen molar-refractivity contribution in [3.63, 3.8) is 0 Å². The molecule has 4 heteroatoms. The molecular formula is C9H9N3O. The van der Waals surface area contributed by atoms with E-state index in [0.29, 0.717) is 5.69 Å². The summed E-state index contributed by atoms with van der Waals surface area (Å²) in [6, 6.07) is 6.79. The first-order valence-electron chi connectivity index (χ1n) is 3.86. The van der Waals surface area contributed by atoms with Crippen molar-refractivity contribution in [2.75, 3.05) is 5.73 Å². The summed E-state index contributed by atoms with van der Waals surface area (Å²) in [5.74, 6) is 0.0934. The van der Waals surface area contributed by atoms with Gasteiger partial charge in [-0.3, -0.25) is 0 Å². The number of rotatable bonds is 1. The van der Waals surface area contributed by atoms with E-state index in [1.165, 1.54) is 0 Å². The smallest absolute Gasteiger partial charge is 0.138 e. The van der Waals surface area contributed by atoms with Crippen molar-refractivity contribution in [3.8, 4) is 11.4 Å². The van der Waals surface area contributed by atoms with Gasteiger partial charge < -0.3 is 10.8 Å². The fraction of sp³-hybridized carbons (Fsp3) is 0. The van der Waals surface area contributed by atoms with Crippen LogP contribution in [0.1, 0.15) is 0 Å². The Bertz CT molecular complexity index is 409. The fourth-order valence-corrected chi connectivity index (χ4v) is 1.11. The van der Waals surface area contributed by atoms with E-state index in [-0.39, 0.29) is 5.75 Å². The van der Waals surface area contributed by atoms with Crippen LogP contribution < -0.4 is 5.73 Å². The average molecular weight is 175 g/mol. The molecule has 0 saturated carbocycles. The maximum atomic E-state index is 9.19. The highest BCUT2D eigenvalue weighted by atomic mass is 16.3. The van der Waals surface area contributed by atoms with Crippen LogP contribution >= 0.6 is 0 Å². The van der Waals surface area contributed by atoms with E-state index < -0.39 is 0 Å². The number of benzene rings is 1. The molecule has 4 nitrogen and oxygen atoms in total. The Morgan fingerprint density at radius 3 is 2.85 bits per heavy atom. The van der Waals surface area contributed by atoms with E-state index >= 15 is 0 Å². The average Bonchev–Trinajstić information content (AvgIpc) is 2.62. The molecule has 2 aromatic rings. The number of phenolic OH excluding ortho intramolecular Hbond substituents is 1. The first kappa shape index (κ1) is 7.67. The van der Waals surface area contributed by atoms with Crippen LogP contribution in [0.15, 0.2) is 36.7 Å². The van der Waals surface area contributed by atoms with Gasteiger partial charge in [0.2, 0.25) is 0 Å². The number of aromatic hydroxyl groups is 1. The van der Waals surface area contributed by atoms with Crippen LogP contribution in [0, 0.1) is 0 Å². The van der Waals surface area contributed by atoms with Crippen LogP contribution in [-0.2, 0) is 0 Å². The topological polar surface area (TPSA) is 64.1 Å². The molecule has 2 rings (SSSR count). The molecule has 0 amide bonds. The lowest BCUT2D eigenvalue weighted by Gasteiger charge is -2.03. The second kappa shape index (κ2) is 2.82. The predicted molar refractivity (Wildman–Crippen MR) is 49.6 cm³/mol. The third-order valence-electron chi connectivity index (χ3n) is 1.78. The third-order valence-corrected chi connectivity index (χ3v) is 1.78. The minimum Gasteiger partial charge on any atom is -0.506 e. The molecule has 66 valence electrons. The molecule has 1 heterocycles. The summed E-state index contributed by atoms with van der Waals surface area (Å²) < 4.78 is 1.68. The minimum atomic E-state index is 0.0934. The minimum absolute atomic E-state index is 0.0934. The van der Waals surface area contributed by atoms with Gasteiger partial charge in [0.15, 0.2) is 0 Å². The second-order valence-corrected chi connectivity index (χ2v) is 2.69. The SMILES string of the molecule is Nc1cc(-n2cccn2)ccc1O. The first-order valence-corrected chi connectivity index (χ1v) is 3.86. The van der Waals surface area contributed by atoms with Gasteiger partial charge in [-0.05, 0) is 24.3 Å². The zero-order valence-corrected chi connectivity index (χ0v) is 6.88. The quantitative estimate of drug-likeness (QED) is 0.505. The number of nitrogens with two attached hydrogens (primary N) is 1. The standard InChI is InChI=1S/C9H9N3O/c10-8-6-7(2-3-9(8)13)12-5-1-4-11-12/h1-6,13H,10H2. The van der Waals surface area contributed by atoms with Gasteiger partial charge in [-0.25, -0.2) is 4.68 Å². The summed E-state index contributed by atoms with van der Waals surface area (Å²) in [7, 11) is 0. The molecule has 0 unspecified atom stereocenters. The van der Waals surface area contributed by atoms with Gasteiger partial charge in [0.1, 0.15) is 5.75 Å². The van der Waals surface area contributed by atoms with Gasteiger partial charge in [-0.1, -0.05) is 0 Å². The molecule has 0 aliphatic rings. The molecule has 0 spiro atoms. The van der Waals surface area contributed by atoms with Gasteiger partial charge in [0.05, 0.1) is 11.4 Å². The van der Waals surface area contributed by atoms with E-state index in [9.17, 15) is 5.11 Å². The third kappa shape index (κ3) is 1.33. The summed E-state index contributed by atoms with van der Waals surface area (Å²) >= 11 is 0. The summed E-state index contributed by atoms with van der Waals surface area (Å²) in [5, 5.41) is 13.2. The van der Waals surface area contributed by atoms with Gasteiger partial charge >= 0.3 is 0 Å². The highest BCUT2D eigenvalue weighted by Gasteiger charge is 1.99. The molecule has 0 radical (unpaired) electrons. The van der Waals surface area contributed by atoms with Crippen molar-refractivity contribution in [2.45, 2.75) is 0 Å². The lowest BCUT2D eigenvalue weighted by atomic mass is 10.2. The Hall–Kier alpha value is -1.97. The van der Waals surface area contributed by atoms with E-state index in [2.05, 4.69) is 5.10 Å². The Balaban J connectivity index is 2.49. The summed E-state index contributed by atoms with van der Waals surface area (Å²) in [6.07, 6.45) is 3.49. The fourth-order valence-electron chi connectivity index (χ4n) is 1.11. The van der Waals surface area contributed by atoms with Gasteiger partial charge in [-0.15, -0.1) is 0 Å². The van der Waals surface area contributed by atoms with Crippen LogP contribution in [0.5, 0.6) is 5.75 Å². The van der Waals surface area contributed by atoms with Gasteiger partial charge in [0, 0.05) is 12.4 Å². The molecule has 3 N–H and O–H groups in total. The Labute approximate surface area is 75.2 Å². The van der Waals surface area contributed by atoms with Crippen LogP contribution in [0.25, 0.3) is 5.69 Å². The van der Waals surface area contributed by atoms with Gasteiger partial charge in [0.25, 0.3) is 0 Å². The van der Waals surface area contributed by atoms with E-state index in [4.69, 9.17) is 5.73 Å². The molecule has 0 fully saturated rings. The van der Waals surface area contributed by atoms with Crippen LogP contribution in [0.4, 0.5) is 5.69 Å². The molecule has 0 saturated heterocycles. The Morgan fingerprint density at radius 1 is 1.38 bits per heavy atom. The highest BCUT2D eigenvalue weighted by Crippen LogP contribution is 2.21. The number of hydrogen-bond acceptors (Lipinski definition) is 3. The normalized spacial score (nSPS) is 10.2. The lowest BCUT2D eigenvalue weighted by Crippen LogP contribution is -1.95. The maximum absolute atomic E-state index is 9.19. The lowest BCUT2D eigenvalue weighted by molar-refractivity contribution is 0.478. The summed E-state index contributed by atoms with van der Waals surface area (Å²) in [4.78, 5) is 0. The summed E-state index contributed by atoms with van der Waals surface area (Å²) in [6.45, 7) is 0. The van der Waals surface area contributed by atoms with Crippen molar-refractivity contribution in [1.82, 2.24) is 9.78 Å². The molecular weight excluding hydrogens is 166 g/mol.